The lowest BCUT2D eigenvalue weighted by atomic mass is 10.2. The summed E-state index contributed by atoms with van der Waals surface area (Å²) in [6.07, 6.45) is 8.80. The van der Waals surface area contributed by atoms with Gasteiger partial charge in [-0.2, -0.15) is 0 Å². The Bertz CT molecular complexity index is 253. The first-order valence-corrected chi connectivity index (χ1v) is 6.68. The molecule has 1 heterocycles. The number of likely N-dealkylation sites (N-methyl/N-ethyl adjacent to an activating group) is 1. The van der Waals surface area contributed by atoms with Crippen LogP contribution in [0, 0.1) is 0 Å². The Labute approximate surface area is 112 Å². The van der Waals surface area contributed by atoms with E-state index in [9.17, 15) is 0 Å². The Morgan fingerprint density at radius 2 is 2.00 bits per heavy atom. The quantitative estimate of drug-likeness (QED) is 0.603. The summed E-state index contributed by atoms with van der Waals surface area (Å²) in [4.78, 5) is 2.39. The second-order valence-corrected chi connectivity index (χ2v) is 4.21. The lowest BCUT2D eigenvalue weighted by Crippen LogP contribution is -2.35. The molecular formula is C15H28N2O. The number of hydrogen-bond acceptors (Lipinski definition) is 3. The van der Waals surface area contributed by atoms with E-state index in [-0.39, 0.29) is 0 Å². The molecule has 0 spiro atoms. The van der Waals surface area contributed by atoms with Gasteiger partial charge in [-0.3, -0.25) is 4.90 Å². The largest absolute Gasteiger partial charge is 0.379 e. The smallest absolute Gasteiger partial charge is 0.0594 e. The van der Waals surface area contributed by atoms with Crippen LogP contribution in [0.5, 0.6) is 0 Å². The lowest BCUT2D eigenvalue weighted by Gasteiger charge is -2.24. The maximum Gasteiger partial charge on any atom is 0.0594 e. The van der Waals surface area contributed by atoms with Crippen molar-refractivity contribution in [2.45, 2.75) is 20.3 Å². The van der Waals surface area contributed by atoms with E-state index in [1.165, 1.54) is 12.1 Å². The fourth-order valence-corrected chi connectivity index (χ4v) is 1.55. The SMILES string of the molecule is C=C/C=C(/C)C/C=C\CN.CCN1CCOCC1. The summed E-state index contributed by atoms with van der Waals surface area (Å²) in [7, 11) is 0. The molecule has 1 saturated heterocycles. The summed E-state index contributed by atoms with van der Waals surface area (Å²) in [5.74, 6) is 0. The molecule has 1 aliphatic heterocycles. The highest BCUT2D eigenvalue weighted by molar-refractivity contribution is 5.11. The van der Waals surface area contributed by atoms with Crippen LogP contribution in [0.25, 0.3) is 0 Å². The molecule has 0 aliphatic carbocycles. The third-order valence-electron chi connectivity index (χ3n) is 2.70. The van der Waals surface area contributed by atoms with Gasteiger partial charge in [-0.15, -0.1) is 0 Å². The van der Waals surface area contributed by atoms with Gasteiger partial charge in [-0.1, -0.05) is 43.4 Å². The van der Waals surface area contributed by atoms with Crippen LogP contribution in [0.3, 0.4) is 0 Å². The molecule has 0 bridgehead atoms. The minimum absolute atomic E-state index is 0.626. The summed E-state index contributed by atoms with van der Waals surface area (Å²) in [6, 6.07) is 0. The summed E-state index contributed by atoms with van der Waals surface area (Å²) in [5.41, 5.74) is 6.57. The topological polar surface area (TPSA) is 38.5 Å². The Hall–Kier alpha value is -0.900. The number of allylic oxidation sites excluding steroid dienone is 4. The maximum absolute atomic E-state index is 5.26. The van der Waals surface area contributed by atoms with Crippen molar-refractivity contribution >= 4 is 0 Å². The number of ether oxygens (including phenoxy) is 1. The predicted octanol–water partition coefficient (Wildman–Crippen LogP) is 2.36. The summed E-state index contributed by atoms with van der Waals surface area (Å²) in [6.45, 7) is 13.7. The highest BCUT2D eigenvalue weighted by atomic mass is 16.5. The number of nitrogens with two attached hydrogens (primary N) is 1. The summed E-state index contributed by atoms with van der Waals surface area (Å²) >= 11 is 0. The van der Waals surface area contributed by atoms with E-state index in [0.29, 0.717) is 6.54 Å². The van der Waals surface area contributed by atoms with Crippen LogP contribution in [0.4, 0.5) is 0 Å². The first-order valence-electron chi connectivity index (χ1n) is 6.68. The molecule has 104 valence electrons. The number of rotatable bonds is 5. The molecule has 0 aromatic rings. The van der Waals surface area contributed by atoms with Gasteiger partial charge >= 0.3 is 0 Å². The average Bonchev–Trinajstić information content (AvgIpc) is 2.41. The van der Waals surface area contributed by atoms with Crippen LogP contribution >= 0.6 is 0 Å². The van der Waals surface area contributed by atoms with Crippen LogP contribution in [0.2, 0.25) is 0 Å². The van der Waals surface area contributed by atoms with Crippen molar-refractivity contribution in [1.29, 1.82) is 0 Å². The molecule has 0 aromatic heterocycles. The third kappa shape index (κ3) is 10.3. The minimum Gasteiger partial charge on any atom is -0.379 e. The molecule has 3 nitrogen and oxygen atoms in total. The van der Waals surface area contributed by atoms with E-state index in [1.807, 2.05) is 12.2 Å². The Kier molecular flexibility index (Phi) is 11.9. The van der Waals surface area contributed by atoms with E-state index in [4.69, 9.17) is 10.5 Å². The molecule has 18 heavy (non-hydrogen) atoms. The van der Waals surface area contributed by atoms with Crippen molar-refractivity contribution < 1.29 is 4.74 Å². The van der Waals surface area contributed by atoms with Crippen molar-refractivity contribution in [3.63, 3.8) is 0 Å². The average molecular weight is 252 g/mol. The van der Waals surface area contributed by atoms with Gasteiger partial charge in [0.05, 0.1) is 13.2 Å². The molecule has 0 saturated carbocycles. The van der Waals surface area contributed by atoms with Crippen molar-refractivity contribution in [3.8, 4) is 0 Å². The molecule has 0 aromatic carbocycles. The molecule has 1 fully saturated rings. The van der Waals surface area contributed by atoms with Gasteiger partial charge in [-0.25, -0.2) is 0 Å². The van der Waals surface area contributed by atoms with E-state index in [0.717, 1.165) is 32.7 Å². The number of nitrogens with zero attached hydrogens (tertiary/aromatic N) is 1. The fraction of sp³-hybridized carbons (Fsp3) is 0.600. The molecule has 0 atom stereocenters. The molecular weight excluding hydrogens is 224 g/mol. The van der Waals surface area contributed by atoms with Crippen LogP contribution in [-0.2, 0) is 4.74 Å². The summed E-state index contributed by atoms with van der Waals surface area (Å²) < 4.78 is 5.16. The standard InChI is InChI=1S/C9H15N.C6H13NO/c1-3-6-9(2)7-4-5-8-10;1-2-7-3-5-8-6-4-7/h3-6H,1,7-8,10H2,2H3;2-6H2,1H3/b5-4-,9-6-;. The lowest BCUT2D eigenvalue weighted by molar-refractivity contribution is 0.0405. The van der Waals surface area contributed by atoms with Gasteiger partial charge in [0, 0.05) is 19.6 Å². The van der Waals surface area contributed by atoms with Crippen molar-refractivity contribution in [2.75, 3.05) is 39.4 Å². The number of hydrogen-bond donors (Lipinski definition) is 1. The molecule has 1 aliphatic rings. The maximum atomic E-state index is 5.26. The van der Waals surface area contributed by atoms with E-state index < -0.39 is 0 Å². The predicted molar refractivity (Wildman–Crippen MR) is 79.7 cm³/mol. The Morgan fingerprint density at radius 1 is 1.33 bits per heavy atom. The Morgan fingerprint density at radius 3 is 2.44 bits per heavy atom. The fourth-order valence-electron chi connectivity index (χ4n) is 1.55. The van der Waals surface area contributed by atoms with Gasteiger partial charge in [0.15, 0.2) is 0 Å². The van der Waals surface area contributed by atoms with Crippen LogP contribution < -0.4 is 5.73 Å². The van der Waals surface area contributed by atoms with Crippen LogP contribution in [0.1, 0.15) is 20.3 Å². The molecule has 0 unspecified atom stereocenters. The number of morpholine rings is 1. The van der Waals surface area contributed by atoms with Gasteiger partial charge < -0.3 is 10.5 Å². The van der Waals surface area contributed by atoms with Crippen molar-refractivity contribution in [1.82, 2.24) is 4.90 Å². The molecule has 0 radical (unpaired) electrons. The second-order valence-electron chi connectivity index (χ2n) is 4.21. The highest BCUT2D eigenvalue weighted by Gasteiger charge is 2.05. The zero-order valence-corrected chi connectivity index (χ0v) is 11.9. The monoisotopic (exact) mass is 252 g/mol. The molecule has 1 rings (SSSR count). The first-order chi connectivity index (χ1) is 8.74. The zero-order chi connectivity index (χ0) is 13.6. The van der Waals surface area contributed by atoms with E-state index in [1.54, 1.807) is 6.08 Å². The van der Waals surface area contributed by atoms with Crippen LogP contribution in [0.15, 0.2) is 36.5 Å². The van der Waals surface area contributed by atoms with Crippen molar-refractivity contribution in [2.24, 2.45) is 5.73 Å². The third-order valence-corrected chi connectivity index (χ3v) is 2.70. The summed E-state index contributed by atoms with van der Waals surface area (Å²) in [5, 5.41) is 0. The van der Waals surface area contributed by atoms with Crippen molar-refractivity contribution in [3.05, 3.63) is 36.5 Å². The molecule has 0 amide bonds. The second kappa shape index (κ2) is 12.6. The van der Waals surface area contributed by atoms with Crippen LogP contribution in [-0.4, -0.2) is 44.3 Å². The van der Waals surface area contributed by atoms with Gasteiger partial charge in [0.25, 0.3) is 0 Å². The van der Waals surface area contributed by atoms with Gasteiger partial charge in [0.2, 0.25) is 0 Å². The normalized spacial score (nSPS) is 17.4. The molecule has 2 N–H and O–H groups in total. The minimum atomic E-state index is 0.626. The molecule has 3 heteroatoms. The van der Waals surface area contributed by atoms with Gasteiger partial charge in [-0.05, 0) is 19.9 Å². The zero-order valence-electron chi connectivity index (χ0n) is 11.9. The van der Waals surface area contributed by atoms with E-state index >= 15 is 0 Å². The Balaban J connectivity index is 0.000000327. The highest BCUT2D eigenvalue weighted by Crippen LogP contribution is 1.99. The van der Waals surface area contributed by atoms with Gasteiger partial charge in [0.1, 0.15) is 0 Å². The first kappa shape index (κ1) is 17.1. The van der Waals surface area contributed by atoms with E-state index in [2.05, 4.69) is 31.4 Å².